The molecule has 0 aliphatic heterocycles. The molecule has 0 bridgehead atoms. The van der Waals surface area contributed by atoms with Crippen LogP contribution in [0.5, 0.6) is 0 Å². The van der Waals surface area contributed by atoms with E-state index in [4.69, 9.17) is 27.9 Å². The van der Waals surface area contributed by atoms with Crippen molar-refractivity contribution < 1.29 is 14.3 Å². The first kappa shape index (κ1) is 15.8. The van der Waals surface area contributed by atoms with Crippen molar-refractivity contribution in [2.75, 3.05) is 20.3 Å². The van der Waals surface area contributed by atoms with E-state index in [9.17, 15) is 9.59 Å². The average Bonchev–Trinajstić information content (AvgIpc) is 2.37. The monoisotopic (exact) mass is 304 g/mol. The fraction of sp³-hybridized carbons (Fsp3) is 0.333. The Bertz CT molecular complexity index is 466. The number of methoxy groups -OCH3 is 1. The summed E-state index contributed by atoms with van der Waals surface area (Å²) in [6.07, 6.45) is 0. The summed E-state index contributed by atoms with van der Waals surface area (Å²) < 4.78 is 4.75. The second-order valence-corrected chi connectivity index (χ2v) is 4.51. The Labute approximate surface area is 121 Å². The van der Waals surface area contributed by atoms with Crippen molar-refractivity contribution in [3.8, 4) is 0 Å². The zero-order valence-corrected chi connectivity index (χ0v) is 11.8. The SMILES string of the molecule is COCCNC(=O)C(=O)NCc1ccc(Cl)cc1Cl. The van der Waals surface area contributed by atoms with Gasteiger partial charge >= 0.3 is 11.8 Å². The molecule has 0 heterocycles. The summed E-state index contributed by atoms with van der Waals surface area (Å²) in [5.74, 6) is -1.43. The molecule has 0 unspecified atom stereocenters. The van der Waals surface area contributed by atoms with Crippen molar-refractivity contribution in [3.63, 3.8) is 0 Å². The molecule has 0 aliphatic rings. The van der Waals surface area contributed by atoms with E-state index >= 15 is 0 Å². The van der Waals surface area contributed by atoms with Gasteiger partial charge in [-0.3, -0.25) is 9.59 Å². The number of hydrogen-bond donors (Lipinski definition) is 2. The van der Waals surface area contributed by atoms with E-state index in [2.05, 4.69) is 10.6 Å². The molecule has 0 saturated carbocycles. The molecule has 19 heavy (non-hydrogen) atoms. The van der Waals surface area contributed by atoms with Crippen LogP contribution < -0.4 is 10.6 Å². The average molecular weight is 305 g/mol. The van der Waals surface area contributed by atoms with Crippen LogP contribution in [0.25, 0.3) is 0 Å². The lowest BCUT2D eigenvalue weighted by Gasteiger charge is -2.07. The summed E-state index contributed by atoms with van der Waals surface area (Å²) in [5, 5.41) is 5.83. The molecule has 1 aromatic rings. The van der Waals surface area contributed by atoms with Gasteiger partial charge in [0.15, 0.2) is 0 Å². The summed E-state index contributed by atoms with van der Waals surface area (Å²) in [6.45, 7) is 0.791. The summed E-state index contributed by atoms with van der Waals surface area (Å²) in [7, 11) is 1.51. The first-order valence-electron chi connectivity index (χ1n) is 5.53. The van der Waals surface area contributed by atoms with Gasteiger partial charge in [0.1, 0.15) is 0 Å². The van der Waals surface area contributed by atoms with Gasteiger partial charge in [-0.05, 0) is 17.7 Å². The predicted molar refractivity (Wildman–Crippen MR) is 73.2 cm³/mol. The zero-order valence-electron chi connectivity index (χ0n) is 10.3. The number of benzene rings is 1. The van der Waals surface area contributed by atoms with E-state index in [0.29, 0.717) is 22.2 Å². The second kappa shape index (κ2) is 7.99. The van der Waals surface area contributed by atoms with Gasteiger partial charge in [-0.1, -0.05) is 29.3 Å². The lowest BCUT2D eigenvalue weighted by atomic mass is 10.2. The fourth-order valence-electron chi connectivity index (χ4n) is 1.27. The first-order valence-corrected chi connectivity index (χ1v) is 6.29. The maximum atomic E-state index is 11.5. The Kier molecular flexibility index (Phi) is 6.62. The smallest absolute Gasteiger partial charge is 0.309 e. The summed E-state index contributed by atoms with van der Waals surface area (Å²) >= 11 is 11.7. The lowest BCUT2D eigenvalue weighted by Crippen LogP contribution is -2.40. The van der Waals surface area contributed by atoms with Gasteiger partial charge < -0.3 is 15.4 Å². The Morgan fingerprint density at radius 2 is 1.89 bits per heavy atom. The molecule has 0 saturated heterocycles. The summed E-state index contributed by atoms with van der Waals surface area (Å²) in [6, 6.07) is 4.92. The van der Waals surface area contributed by atoms with Crippen LogP contribution in [0.3, 0.4) is 0 Å². The molecule has 1 aromatic carbocycles. The number of carbonyl (C=O) groups is 2. The molecule has 2 amide bonds. The van der Waals surface area contributed by atoms with Crippen LogP contribution in [-0.2, 0) is 20.9 Å². The van der Waals surface area contributed by atoms with E-state index in [0.717, 1.165) is 0 Å². The maximum absolute atomic E-state index is 11.5. The van der Waals surface area contributed by atoms with Crippen LogP contribution in [0, 0.1) is 0 Å². The fourth-order valence-corrected chi connectivity index (χ4v) is 1.74. The van der Waals surface area contributed by atoms with Crippen molar-refractivity contribution in [2.24, 2.45) is 0 Å². The normalized spacial score (nSPS) is 10.1. The number of nitrogens with one attached hydrogen (secondary N) is 2. The Morgan fingerprint density at radius 1 is 1.21 bits per heavy atom. The van der Waals surface area contributed by atoms with Gasteiger partial charge in [0.25, 0.3) is 0 Å². The van der Waals surface area contributed by atoms with Gasteiger partial charge in [0, 0.05) is 30.2 Å². The van der Waals surface area contributed by atoms with Gasteiger partial charge in [0.05, 0.1) is 6.61 Å². The van der Waals surface area contributed by atoms with Crippen molar-refractivity contribution in [1.29, 1.82) is 0 Å². The van der Waals surface area contributed by atoms with Gasteiger partial charge in [0.2, 0.25) is 0 Å². The van der Waals surface area contributed by atoms with Crippen LogP contribution in [0.15, 0.2) is 18.2 Å². The second-order valence-electron chi connectivity index (χ2n) is 3.67. The van der Waals surface area contributed by atoms with E-state index in [1.165, 1.54) is 7.11 Å². The van der Waals surface area contributed by atoms with Gasteiger partial charge in [-0.25, -0.2) is 0 Å². The van der Waals surface area contributed by atoms with E-state index in [1.807, 2.05) is 0 Å². The molecule has 2 N–H and O–H groups in total. The molecule has 5 nitrogen and oxygen atoms in total. The minimum Gasteiger partial charge on any atom is -0.383 e. The minimum absolute atomic E-state index is 0.159. The summed E-state index contributed by atoms with van der Waals surface area (Å²) in [5.41, 5.74) is 0.684. The maximum Gasteiger partial charge on any atom is 0.309 e. The molecule has 0 radical (unpaired) electrons. The number of amides is 2. The molecular weight excluding hydrogens is 291 g/mol. The van der Waals surface area contributed by atoms with E-state index < -0.39 is 11.8 Å². The lowest BCUT2D eigenvalue weighted by molar-refractivity contribution is -0.139. The molecule has 0 fully saturated rings. The number of ether oxygens (including phenoxy) is 1. The van der Waals surface area contributed by atoms with Crippen molar-refractivity contribution >= 4 is 35.0 Å². The van der Waals surface area contributed by atoms with Crippen molar-refractivity contribution in [3.05, 3.63) is 33.8 Å². The van der Waals surface area contributed by atoms with Crippen molar-refractivity contribution in [1.82, 2.24) is 10.6 Å². The first-order chi connectivity index (χ1) is 9.04. The van der Waals surface area contributed by atoms with E-state index in [1.54, 1.807) is 18.2 Å². The molecular formula is C12H14Cl2N2O3. The molecule has 0 spiro atoms. The number of halogens is 2. The molecule has 0 aliphatic carbocycles. The Morgan fingerprint density at radius 3 is 2.53 bits per heavy atom. The molecule has 0 atom stereocenters. The van der Waals surface area contributed by atoms with Crippen LogP contribution in [0.1, 0.15) is 5.56 Å². The predicted octanol–water partition coefficient (Wildman–Crippen LogP) is 1.37. The standard InChI is InChI=1S/C12H14Cl2N2O3/c1-19-5-4-15-11(17)12(18)16-7-8-2-3-9(13)6-10(8)14/h2-3,6H,4-5,7H2,1H3,(H,15,17)(H,16,18). The van der Waals surface area contributed by atoms with Crippen LogP contribution in [0.2, 0.25) is 10.0 Å². The summed E-state index contributed by atoms with van der Waals surface area (Å²) in [4.78, 5) is 22.8. The van der Waals surface area contributed by atoms with Crippen LogP contribution in [-0.4, -0.2) is 32.1 Å². The third-order valence-electron chi connectivity index (χ3n) is 2.25. The Hall–Kier alpha value is -1.30. The third kappa shape index (κ3) is 5.46. The van der Waals surface area contributed by atoms with Gasteiger partial charge in [-0.15, -0.1) is 0 Å². The highest BCUT2D eigenvalue weighted by molar-refractivity contribution is 6.36. The quantitative estimate of drug-likeness (QED) is 0.638. The van der Waals surface area contributed by atoms with Crippen LogP contribution >= 0.6 is 23.2 Å². The number of rotatable bonds is 5. The molecule has 1 rings (SSSR count). The van der Waals surface area contributed by atoms with Crippen molar-refractivity contribution in [2.45, 2.75) is 6.54 Å². The highest BCUT2D eigenvalue weighted by atomic mass is 35.5. The Balaban J connectivity index is 2.43. The molecule has 104 valence electrons. The largest absolute Gasteiger partial charge is 0.383 e. The molecule has 0 aromatic heterocycles. The zero-order chi connectivity index (χ0) is 14.3. The highest BCUT2D eigenvalue weighted by Gasteiger charge is 2.12. The van der Waals surface area contributed by atoms with E-state index in [-0.39, 0.29) is 13.1 Å². The minimum atomic E-state index is -0.720. The van der Waals surface area contributed by atoms with Gasteiger partial charge in [-0.2, -0.15) is 0 Å². The molecule has 7 heteroatoms. The third-order valence-corrected chi connectivity index (χ3v) is 2.84. The topological polar surface area (TPSA) is 67.4 Å². The number of carbonyl (C=O) groups excluding carboxylic acids is 2. The van der Waals surface area contributed by atoms with Crippen LogP contribution in [0.4, 0.5) is 0 Å². The highest BCUT2D eigenvalue weighted by Crippen LogP contribution is 2.20. The number of hydrogen-bond acceptors (Lipinski definition) is 3.